The third-order valence-electron chi connectivity index (χ3n) is 14.7. The van der Waals surface area contributed by atoms with Crippen LogP contribution in [0.15, 0.2) is 206 Å². The van der Waals surface area contributed by atoms with Crippen molar-refractivity contribution in [2.75, 3.05) is 20.4 Å². The van der Waals surface area contributed by atoms with Crippen LogP contribution in [0.3, 0.4) is 0 Å². The fourth-order valence-corrected chi connectivity index (χ4v) is 11.7. The normalized spacial score (nSPS) is 16.1. The fourth-order valence-electron chi connectivity index (χ4n) is 11.7. The van der Waals surface area contributed by atoms with Crippen molar-refractivity contribution in [3.8, 4) is 11.1 Å². The number of nitrogens with one attached hydrogen (secondary N) is 2. The Balaban J connectivity index is 1.13. The van der Waals surface area contributed by atoms with E-state index >= 15 is 0 Å². The summed E-state index contributed by atoms with van der Waals surface area (Å²) in [5, 5.41) is 7.87. The van der Waals surface area contributed by atoms with Gasteiger partial charge in [-0.2, -0.15) is 0 Å². The van der Waals surface area contributed by atoms with Gasteiger partial charge in [-0.15, -0.1) is 0 Å². The van der Waals surface area contributed by atoms with Gasteiger partial charge in [0.15, 0.2) is 14.6 Å². The number of hydrogen-bond donors (Lipinski definition) is 2. The minimum atomic E-state index is -0.00361. The van der Waals surface area contributed by atoms with E-state index in [4.69, 9.17) is 0 Å². The van der Waals surface area contributed by atoms with Crippen molar-refractivity contribution in [3.63, 3.8) is 0 Å². The Morgan fingerprint density at radius 2 is 1.13 bits per heavy atom. The quantitative estimate of drug-likeness (QED) is 0.157. The molecule has 4 nitrogen and oxygen atoms in total. The van der Waals surface area contributed by atoms with Crippen LogP contribution < -0.4 is 58.7 Å². The molecule has 1 unspecified atom stereocenters. The second-order valence-corrected chi connectivity index (χ2v) is 18.4. The Kier molecular flexibility index (Phi) is 8.80. The lowest BCUT2D eigenvalue weighted by Gasteiger charge is -2.50. The van der Waals surface area contributed by atoms with Crippen LogP contribution in [0, 0.1) is 0 Å². The maximum atomic E-state index is 3.94. The van der Waals surface area contributed by atoms with Gasteiger partial charge in [0.2, 0.25) is 0 Å². The van der Waals surface area contributed by atoms with E-state index in [0.29, 0.717) is 5.92 Å². The van der Waals surface area contributed by atoms with E-state index in [2.05, 4.69) is 241 Å². The Bertz CT molecular complexity index is 3420. The van der Waals surface area contributed by atoms with Gasteiger partial charge in [-0.25, -0.2) is 0 Å². The van der Waals surface area contributed by atoms with Crippen molar-refractivity contribution in [2.45, 2.75) is 25.2 Å². The van der Waals surface area contributed by atoms with Crippen LogP contribution in [0.4, 0.5) is 56.9 Å². The van der Waals surface area contributed by atoms with Crippen LogP contribution >= 0.6 is 0 Å². The highest BCUT2D eigenvalue weighted by molar-refractivity contribution is 7.02. The zero-order valence-corrected chi connectivity index (χ0v) is 37.0. The molecular formula is C60H43B3N4. The fraction of sp³-hybridized carbons (Fsp3) is 0.0667. The highest BCUT2D eigenvalue weighted by Gasteiger charge is 2.49. The number of benzene rings is 8. The summed E-state index contributed by atoms with van der Waals surface area (Å²) in [4.78, 5) is 5.27. The minimum Gasteiger partial charge on any atom is -0.355 e. The highest BCUT2D eigenvalue weighted by Crippen LogP contribution is 2.49. The van der Waals surface area contributed by atoms with Crippen molar-refractivity contribution in [1.82, 2.24) is 0 Å². The summed E-state index contributed by atoms with van der Waals surface area (Å²) in [6, 6.07) is 60.6. The second-order valence-electron chi connectivity index (χ2n) is 18.4. The molecule has 1 atom stereocenters. The standard InChI is InChI=1S/C60H43B3N4/c1-5-18-38(19-6-1)40-32-34-46-52(36-40)66-50-30-15-13-26-44(50)61-56-55(54-48(64-42-22-9-3-10-23-42)28-17-29-49(54)65-43-24-11-4-12-25-43)57-60-58(59(56)66)63(46)47-35-33-41(39-20-7-2-8-21-39)37-53(47)67(60)51-31-16-14-27-45(51)62-57/h1-7,9-18,20,22-38,64-65H,8,19,21H2. The molecule has 0 spiro atoms. The van der Waals surface area contributed by atoms with E-state index < -0.39 is 0 Å². The van der Waals surface area contributed by atoms with E-state index in [1.807, 2.05) is 0 Å². The van der Waals surface area contributed by atoms with Crippen molar-refractivity contribution in [2.24, 2.45) is 0 Å². The first-order chi connectivity index (χ1) is 33.2. The lowest BCUT2D eigenvalue weighted by molar-refractivity contribution is 0.854. The number of para-hydroxylation sites is 4. The Morgan fingerprint density at radius 3 is 1.75 bits per heavy atom. The van der Waals surface area contributed by atoms with Gasteiger partial charge in [0, 0.05) is 68.4 Å². The van der Waals surface area contributed by atoms with Crippen molar-refractivity contribution < 1.29 is 0 Å². The molecule has 0 saturated heterocycles. The van der Waals surface area contributed by atoms with Gasteiger partial charge in [0.05, 0.1) is 0 Å². The Labute approximate surface area is 394 Å². The summed E-state index contributed by atoms with van der Waals surface area (Å²) >= 11 is 0. The van der Waals surface area contributed by atoms with Crippen molar-refractivity contribution >= 4 is 122 Å². The molecule has 312 valence electrons. The van der Waals surface area contributed by atoms with Crippen LogP contribution in [-0.4, -0.2) is 21.3 Å². The van der Waals surface area contributed by atoms with E-state index in [0.717, 1.165) is 47.6 Å². The van der Waals surface area contributed by atoms with Gasteiger partial charge in [0.1, 0.15) is 0 Å². The van der Waals surface area contributed by atoms with Gasteiger partial charge in [-0.05, 0) is 119 Å². The number of fused-ring (bicyclic) bond motifs is 10. The van der Waals surface area contributed by atoms with E-state index in [1.165, 1.54) is 94.6 Å². The predicted molar refractivity (Wildman–Crippen MR) is 287 cm³/mol. The molecule has 0 fully saturated rings. The average Bonchev–Trinajstić information content (AvgIpc) is 3.39. The van der Waals surface area contributed by atoms with Crippen LogP contribution in [0.1, 0.15) is 36.3 Å². The van der Waals surface area contributed by atoms with Gasteiger partial charge >= 0.3 is 0 Å². The van der Waals surface area contributed by atoms with Crippen molar-refractivity contribution in [3.05, 3.63) is 217 Å². The number of anilines is 10. The summed E-state index contributed by atoms with van der Waals surface area (Å²) in [5.41, 5.74) is 26.8. The summed E-state index contributed by atoms with van der Waals surface area (Å²) in [6.07, 6.45) is 19.0. The molecule has 8 aromatic rings. The Morgan fingerprint density at radius 1 is 0.522 bits per heavy atom. The first kappa shape index (κ1) is 38.4. The smallest absolute Gasteiger partial charge is 0.252 e. The maximum Gasteiger partial charge on any atom is 0.252 e. The molecule has 8 aromatic carbocycles. The third kappa shape index (κ3) is 6.04. The van der Waals surface area contributed by atoms with E-state index in [-0.39, 0.29) is 6.71 Å². The molecule has 2 radical (unpaired) electrons. The average molecular weight is 852 g/mol. The molecule has 2 N–H and O–H groups in total. The van der Waals surface area contributed by atoms with Gasteiger partial charge < -0.3 is 20.4 Å². The number of allylic oxidation sites excluding steroid dienone is 8. The zero-order chi connectivity index (χ0) is 44.0. The molecule has 2 aliphatic carbocycles. The minimum absolute atomic E-state index is 0.00361. The molecule has 67 heavy (non-hydrogen) atoms. The second kappa shape index (κ2) is 15.4. The molecule has 14 rings (SSSR count). The largest absolute Gasteiger partial charge is 0.355 e. The monoisotopic (exact) mass is 852 g/mol. The topological polar surface area (TPSA) is 30.5 Å². The molecule has 4 heterocycles. The summed E-state index contributed by atoms with van der Waals surface area (Å²) in [6.45, 7) is -0.00361. The number of hydrogen-bond acceptors (Lipinski definition) is 4. The van der Waals surface area contributed by atoms with Gasteiger partial charge in [0.25, 0.3) is 6.71 Å². The first-order valence-corrected chi connectivity index (χ1v) is 23.7. The van der Waals surface area contributed by atoms with Crippen LogP contribution in [0.25, 0.3) is 16.7 Å². The summed E-state index contributed by atoms with van der Waals surface area (Å²) in [5.74, 6) is 0.310. The molecule has 0 aromatic heterocycles. The number of nitrogens with zero attached hydrogens (tertiary/aromatic N) is 2. The van der Waals surface area contributed by atoms with E-state index in [1.54, 1.807) is 0 Å². The molecular weight excluding hydrogens is 809 g/mol. The zero-order valence-electron chi connectivity index (χ0n) is 37.0. The molecule has 4 aliphatic heterocycles. The van der Waals surface area contributed by atoms with Crippen LogP contribution in [0.2, 0.25) is 0 Å². The van der Waals surface area contributed by atoms with Crippen molar-refractivity contribution in [1.29, 1.82) is 0 Å². The SMILES string of the molecule is [B]1c2ccccc2N2c3cc(C4=CC=CCC4)ccc3B3c4ccc(C5C=CC=CC5)cc4N4c5ccccc5[B]c5c(-c6c(Nc7ccccc7)cccc6Nc6ccccc6)c1c2c3c54. The number of rotatable bonds is 7. The maximum absolute atomic E-state index is 3.94. The molecule has 6 aliphatic rings. The lowest BCUT2D eigenvalue weighted by Crippen LogP contribution is -2.67. The predicted octanol–water partition coefficient (Wildman–Crippen LogP) is 10.2. The van der Waals surface area contributed by atoms with Gasteiger partial charge in [-0.3, -0.25) is 0 Å². The van der Waals surface area contributed by atoms with Crippen LogP contribution in [0.5, 0.6) is 0 Å². The molecule has 7 heteroatoms. The van der Waals surface area contributed by atoms with Crippen LogP contribution in [-0.2, 0) is 0 Å². The van der Waals surface area contributed by atoms with E-state index in [9.17, 15) is 0 Å². The summed E-state index contributed by atoms with van der Waals surface area (Å²) < 4.78 is 0. The molecule has 0 saturated carbocycles. The Hall–Kier alpha value is -7.89. The third-order valence-corrected chi connectivity index (χ3v) is 14.7. The lowest BCUT2D eigenvalue weighted by atomic mass is 9.31. The summed E-state index contributed by atoms with van der Waals surface area (Å²) in [7, 11) is 4.97. The molecule has 0 bridgehead atoms. The molecule has 0 amide bonds. The highest BCUT2D eigenvalue weighted by atomic mass is 15.2. The first-order valence-electron chi connectivity index (χ1n) is 23.7. The van der Waals surface area contributed by atoms with Gasteiger partial charge in [-0.1, -0.05) is 168 Å².